The molecule has 3 aromatic rings. The number of hydrogen-bond donors (Lipinski definition) is 1. The van der Waals surface area contributed by atoms with Crippen LogP contribution in [0, 0.1) is 20.8 Å². The number of nitrogens with zero attached hydrogens (tertiary/aromatic N) is 2. The van der Waals surface area contributed by atoms with E-state index >= 15 is 0 Å². The summed E-state index contributed by atoms with van der Waals surface area (Å²) in [7, 11) is 0. The minimum Gasteiger partial charge on any atom is -0.396 e. The number of nitrogen functional groups attached to an aromatic ring is 1. The summed E-state index contributed by atoms with van der Waals surface area (Å²) in [6.45, 7) is 5.89. The Balaban J connectivity index is 2.20. The van der Waals surface area contributed by atoms with Crippen molar-refractivity contribution in [1.82, 2.24) is 10.2 Å². The molecule has 0 radical (unpaired) electrons. The molecule has 0 saturated carbocycles. The molecule has 1 heterocycles. The number of fused-ring (bicyclic) bond motifs is 1. The van der Waals surface area contributed by atoms with Crippen molar-refractivity contribution in [2.45, 2.75) is 20.8 Å². The lowest BCUT2D eigenvalue weighted by molar-refractivity contribution is 0.103. The highest BCUT2D eigenvalue weighted by molar-refractivity contribution is 6.14. The molecule has 3 rings (SSSR count). The Labute approximate surface area is 129 Å². The van der Waals surface area contributed by atoms with Crippen molar-refractivity contribution in [1.29, 1.82) is 0 Å². The number of nitrogens with two attached hydrogens (primary N) is 1. The van der Waals surface area contributed by atoms with E-state index in [0.717, 1.165) is 27.6 Å². The Morgan fingerprint density at radius 3 is 2.23 bits per heavy atom. The Morgan fingerprint density at radius 2 is 1.55 bits per heavy atom. The quantitative estimate of drug-likeness (QED) is 0.735. The molecule has 0 atom stereocenters. The maximum atomic E-state index is 12.6. The monoisotopic (exact) mass is 291 g/mol. The maximum Gasteiger partial charge on any atom is 0.215 e. The van der Waals surface area contributed by atoms with Crippen molar-refractivity contribution in [3.05, 3.63) is 64.3 Å². The summed E-state index contributed by atoms with van der Waals surface area (Å²) >= 11 is 0. The summed E-state index contributed by atoms with van der Waals surface area (Å²) in [4.78, 5) is 12.6. The van der Waals surface area contributed by atoms with Gasteiger partial charge in [-0.25, -0.2) is 0 Å². The molecule has 0 fully saturated rings. The van der Waals surface area contributed by atoms with Gasteiger partial charge in [-0.1, -0.05) is 42.0 Å². The lowest BCUT2D eigenvalue weighted by atomic mass is 10.0. The molecule has 2 aromatic carbocycles. The van der Waals surface area contributed by atoms with Crippen LogP contribution in [0.1, 0.15) is 32.7 Å². The van der Waals surface area contributed by atoms with Gasteiger partial charge in [0, 0.05) is 10.9 Å². The number of carbonyl (C=O) groups is 1. The van der Waals surface area contributed by atoms with E-state index in [2.05, 4.69) is 10.2 Å². The van der Waals surface area contributed by atoms with Gasteiger partial charge in [0.15, 0.2) is 5.69 Å². The highest BCUT2D eigenvalue weighted by Gasteiger charge is 2.18. The molecular weight excluding hydrogens is 274 g/mol. The SMILES string of the molecule is Cc1ccc(C(=O)c2nnc3c(C)ccc(C)c3c2N)cc1. The highest BCUT2D eigenvalue weighted by Crippen LogP contribution is 2.28. The molecule has 0 aliphatic rings. The smallest absolute Gasteiger partial charge is 0.215 e. The third kappa shape index (κ3) is 2.22. The maximum absolute atomic E-state index is 12.6. The number of aromatic nitrogens is 2. The summed E-state index contributed by atoms with van der Waals surface area (Å²) in [6, 6.07) is 11.3. The van der Waals surface area contributed by atoms with E-state index in [4.69, 9.17) is 5.73 Å². The van der Waals surface area contributed by atoms with Crippen molar-refractivity contribution < 1.29 is 4.79 Å². The third-order valence-corrected chi connectivity index (χ3v) is 3.89. The van der Waals surface area contributed by atoms with Gasteiger partial charge >= 0.3 is 0 Å². The molecule has 0 spiro atoms. The second-order valence-corrected chi connectivity index (χ2v) is 5.58. The van der Waals surface area contributed by atoms with Crippen LogP contribution < -0.4 is 5.73 Å². The van der Waals surface area contributed by atoms with E-state index in [1.165, 1.54) is 0 Å². The lowest BCUT2D eigenvalue weighted by Crippen LogP contribution is -2.11. The van der Waals surface area contributed by atoms with Crippen LogP contribution in [0.15, 0.2) is 36.4 Å². The van der Waals surface area contributed by atoms with Crippen LogP contribution in [0.5, 0.6) is 0 Å². The van der Waals surface area contributed by atoms with E-state index in [-0.39, 0.29) is 11.5 Å². The summed E-state index contributed by atoms with van der Waals surface area (Å²) in [5.74, 6) is -0.201. The summed E-state index contributed by atoms with van der Waals surface area (Å²) < 4.78 is 0. The standard InChI is InChI=1S/C18H17N3O/c1-10-4-8-13(9-5-10)18(22)17-15(19)14-11(2)6-7-12(3)16(14)20-21-17/h4-9H,1-3H3,(H2,19,20). The number of anilines is 1. The molecule has 0 aliphatic carbocycles. The van der Waals surface area contributed by atoms with Gasteiger partial charge < -0.3 is 5.73 Å². The van der Waals surface area contributed by atoms with Gasteiger partial charge in [-0.05, 0) is 31.9 Å². The molecule has 0 saturated heterocycles. The van der Waals surface area contributed by atoms with E-state index in [1.807, 2.05) is 45.0 Å². The zero-order valence-corrected chi connectivity index (χ0v) is 12.8. The van der Waals surface area contributed by atoms with Crippen molar-refractivity contribution in [2.75, 3.05) is 5.73 Å². The van der Waals surface area contributed by atoms with Crippen molar-refractivity contribution in [3.8, 4) is 0 Å². The molecule has 22 heavy (non-hydrogen) atoms. The van der Waals surface area contributed by atoms with Gasteiger partial charge in [0.25, 0.3) is 0 Å². The normalized spacial score (nSPS) is 10.9. The lowest BCUT2D eigenvalue weighted by Gasteiger charge is -2.10. The van der Waals surface area contributed by atoms with Crippen molar-refractivity contribution in [2.24, 2.45) is 0 Å². The first-order valence-corrected chi connectivity index (χ1v) is 7.12. The second kappa shape index (κ2) is 5.22. The van der Waals surface area contributed by atoms with Crippen LogP contribution in [0.4, 0.5) is 5.69 Å². The first-order chi connectivity index (χ1) is 10.5. The zero-order valence-electron chi connectivity index (χ0n) is 12.8. The van der Waals surface area contributed by atoms with Crippen molar-refractivity contribution >= 4 is 22.4 Å². The van der Waals surface area contributed by atoms with E-state index in [1.54, 1.807) is 12.1 Å². The fraction of sp³-hybridized carbons (Fsp3) is 0.167. The molecule has 0 amide bonds. The van der Waals surface area contributed by atoms with Gasteiger partial charge in [-0.3, -0.25) is 4.79 Å². The minimum absolute atomic E-state index is 0.201. The summed E-state index contributed by atoms with van der Waals surface area (Å²) in [5, 5.41) is 9.11. The molecule has 2 N–H and O–H groups in total. The zero-order chi connectivity index (χ0) is 15.9. The molecule has 110 valence electrons. The fourth-order valence-corrected chi connectivity index (χ4v) is 2.55. The summed E-state index contributed by atoms with van der Waals surface area (Å²) in [6.07, 6.45) is 0. The van der Waals surface area contributed by atoms with Gasteiger partial charge in [0.2, 0.25) is 5.78 Å². The van der Waals surface area contributed by atoms with Crippen molar-refractivity contribution in [3.63, 3.8) is 0 Å². The van der Waals surface area contributed by atoms with Crippen LogP contribution in [-0.2, 0) is 0 Å². The molecule has 1 aromatic heterocycles. The predicted molar refractivity (Wildman–Crippen MR) is 88.0 cm³/mol. The number of ketones is 1. The molecule has 0 bridgehead atoms. The number of carbonyl (C=O) groups excluding carboxylic acids is 1. The van der Waals surface area contributed by atoms with Gasteiger partial charge in [0.05, 0.1) is 11.2 Å². The third-order valence-electron chi connectivity index (χ3n) is 3.89. The van der Waals surface area contributed by atoms with E-state index in [9.17, 15) is 4.79 Å². The average molecular weight is 291 g/mol. The average Bonchev–Trinajstić information content (AvgIpc) is 2.51. The van der Waals surface area contributed by atoms with E-state index in [0.29, 0.717) is 11.3 Å². The van der Waals surface area contributed by atoms with Crippen LogP contribution in [0.25, 0.3) is 10.9 Å². The number of aryl methyl sites for hydroxylation is 3. The number of hydrogen-bond acceptors (Lipinski definition) is 4. The molecular formula is C18H17N3O. The molecule has 4 nitrogen and oxygen atoms in total. The largest absolute Gasteiger partial charge is 0.396 e. The van der Waals surface area contributed by atoms with Crippen LogP contribution in [-0.4, -0.2) is 16.0 Å². The Morgan fingerprint density at radius 1 is 0.909 bits per heavy atom. The van der Waals surface area contributed by atoms with Gasteiger partial charge in [-0.2, -0.15) is 0 Å². The second-order valence-electron chi connectivity index (χ2n) is 5.58. The number of rotatable bonds is 2. The number of benzene rings is 2. The highest BCUT2D eigenvalue weighted by atomic mass is 16.1. The predicted octanol–water partition coefficient (Wildman–Crippen LogP) is 3.37. The first-order valence-electron chi connectivity index (χ1n) is 7.12. The van der Waals surface area contributed by atoms with E-state index < -0.39 is 0 Å². The van der Waals surface area contributed by atoms with Crippen LogP contribution in [0.3, 0.4) is 0 Å². The van der Waals surface area contributed by atoms with Crippen LogP contribution >= 0.6 is 0 Å². The van der Waals surface area contributed by atoms with Gasteiger partial charge in [-0.15, -0.1) is 10.2 Å². The Bertz CT molecular complexity index is 883. The topological polar surface area (TPSA) is 68.9 Å². The van der Waals surface area contributed by atoms with Gasteiger partial charge in [0.1, 0.15) is 0 Å². The summed E-state index contributed by atoms with van der Waals surface area (Å²) in [5.41, 5.74) is 11.2. The Kier molecular flexibility index (Phi) is 3.37. The van der Waals surface area contributed by atoms with Crippen LogP contribution in [0.2, 0.25) is 0 Å². The molecule has 4 heteroatoms. The fourth-order valence-electron chi connectivity index (χ4n) is 2.55. The first kappa shape index (κ1) is 14.2. The minimum atomic E-state index is -0.201. The Hall–Kier alpha value is -2.75. The molecule has 0 aliphatic heterocycles. The molecule has 0 unspecified atom stereocenters.